The molecule has 0 saturated carbocycles. The van der Waals surface area contributed by atoms with Gasteiger partial charge in [0.1, 0.15) is 11.8 Å². The van der Waals surface area contributed by atoms with Gasteiger partial charge in [-0.3, -0.25) is 4.79 Å². The van der Waals surface area contributed by atoms with E-state index >= 15 is 0 Å². The highest BCUT2D eigenvalue weighted by molar-refractivity contribution is 6.32. The normalized spacial score (nSPS) is 12.5. The summed E-state index contributed by atoms with van der Waals surface area (Å²) in [5.74, 6) is -0.234. The number of carboxylic acid groups (broad SMARTS) is 1. The average Bonchev–Trinajstić information content (AvgIpc) is 2.28. The second kappa shape index (κ2) is 6.61. The number of hydrogen-bond acceptors (Lipinski definition) is 3. The van der Waals surface area contributed by atoms with Crippen LogP contribution in [0, 0.1) is 0 Å². The van der Waals surface area contributed by atoms with Crippen LogP contribution in [0.5, 0.6) is 5.75 Å². The van der Waals surface area contributed by atoms with E-state index in [9.17, 15) is 4.79 Å². The van der Waals surface area contributed by atoms with Crippen LogP contribution < -0.4 is 10.1 Å². The minimum atomic E-state index is -0.874. The van der Waals surface area contributed by atoms with Crippen molar-refractivity contribution >= 4 is 17.6 Å². The van der Waals surface area contributed by atoms with E-state index in [0.717, 1.165) is 5.56 Å². The molecule has 4 nitrogen and oxygen atoms in total. The first-order valence-corrected chi connectivity index (χ1v) is 6.19. The number of halogens is 1. The maximum atomic E-state index is 10.7. The summed E-state index contributed by atoms with van der Waals surface area (Å²) in [4.78, 5) is 10.7. The first-order valence-electron chi connectivity index (χ1n) is 5.81. The molecule has 0 amide bonds. The number of nitrogens with one attached hydrogen (secondary N) is 1. The van der Waals surface area contributed by atoms with Gasteiger partial charge in [0.15, 0.2) is 0 Å². The lowest BCUT2D eigenvalue weighted by Gasteiger charge is -2.13. The van der Waals surface area contributed by atoms with Crippen LogP contribution in [0.4, 0.5) is 0 Å². The van der Waals surface area contributed by atoms with E-state index in [1.54, 1.807) is 19.1 Å². The van der Waals surface area contributed by atoms with Crippen molar-refractivity contribution in [1.82, 2.24) is 5.32 Å². The van der Waals surface area contributed by atoms with Gasteiger partial charge in [0.05, 0.1) is 11.1 Å². The number of benzene rings is 1. The fourth-order valence-corrected chi connectivity index (χ4v) is 1.61. The molecule has 0 aliphatic rings. The molecule has 0 bridgehead atoms. The molecule has 0 heterocycles. The molecule has 0 radical (unpaired) electrons. The van der Waals surface area contributed by atoms with Gasteiger partial charge in [-0.2, -0.15) is 0 Å². The SMILES string of the molecule is CC(C)Oc1ccc(CN[C@@H](C)C(=O)O)cc1Cl. The van der Waals surface area contributed by atoms with Crippen molar-refractivity contribution in [3.63, 3.8) is 0 Å². The maximum Gasteiger partial charge on any atom is 0.320 e. The van der Waals surface area contributed by atoms with Crippen LogP contribution in [0.3, 0.4) is 0 Å². The van der Waals surface area contributed by atoms with Crippen molar-refractivity contribution in [3.05, 3.63) is 28.8 Å². The number of ether oxygens (including phenoxy) is 1. The predicted octanol–water partition coefficient (Wildman–Crippen LogP) is 2.69. The van der Waals surface area contributed by atoms with Crippen molar-refractivity contribution in [2.24, 2.45) is 0 Å². The van der Waals surface area contributed by atoms with E-state index in [2.05, 4.69) is 5.32 Å². The van der Waals surface area contributed by atoms with Crippen LogP contribution in [-0.4, -0.2) is 23.2 Å². The Kier molecular flexibility index (Phi) is 5.44. The zero-order valence-electron chi connectivity index (χ0n) is 10.7. The molecule has 0 aromatic heterocycles. The third kappa shape index (κ3) is 4.55. The lowest BCUT2D eigenvalue weighted by atomic mass is 10.2. The molecule has 1 aromatic carbocycles. The second-order valence-electron chi connectivity index (χ2n) is 4.37. The summed E-state index contributed by atoms with van der Waals surface area (Å²) in [7, 11) is 0. The summed E-state index contributed by atoms with van der Waals surface area (Å²) in [5, 5.41) is 12.2. The van der Waals surface area contributed by atoms with Gasteiger partial charge in [-0.15, -0.1) is 0 Å². The van der Waals surface area contributed by atoms with E-state index in [0.29, 0.717) is 17.3 Å². The minimum absolute atomic E-state index is 0.0681. The standard InChI is InChI=1S/C13H18ClNO3/c1-8(2)18-12-5-4-10(6-11(12)14)7-15-9(3)13(16)17/h4-6,8-9,15H,7H2,1-3H3,(H,16,17)/t9-/m0/s1. The zero-order valence-corrected chi connectivity index (χ0v) is 11.5. The minimum Gasteiger partial charge on any atom is -0.489 e. The van der Waals surface area contributed by atoms with Crippen molar-refractivity contribution in [1.29, 1.82) is 0 Å². The molecule has 0 fully saturated rings. The van der Waals surface area contributed by atoms with E-state index in [-0.39, 0.29) is 6.10 Å². The van der Waals surface area contributed by atoms with E-state index in [1.165, 1.54) is 0 Å². The molecule has 0 saturated heterocycles. The van der Waals surface area contributed by atoms with Crippen LogP contribution >= 0.6 is 11.6 Å². The van der Waals surface area contributed by atoms with E-state index in [4.69, 9.17) is 21.4 Å². The molecule has 5 heteroatoms. The smallest absolute Gasteiger partial charge is 0.320 e. The highest BCUT2D eigenvalue weighted by Crippen LogP contribution is 2.26. The topological polar surface area (TPSA) is 58.6 Å². The largest absolute Gasteiger partial charge is 0.489 e. The first kappa shape index (κ1) is 14.8. The van der Waals surface area contributed by atoms with Crippen molar-refractivity contribution in [2.45, 2.75) is 39.5 Å². The number of rotatable bonds is 6. The van der Waals surface area contributed by atoms with Crippen molar-refractivity contribution in [3.8, 4) is 5.75 Å². The molecular weight excluding hydrogens is 254 g/mol. The number of carboxylic acids is 1. The summed E-state index contributed by atoms with van der Waals surface area (Å²) in [6, 6.07) is 4.85. The highest BCUT2D eigenvalue weighted by atomic mass is 35.5. The van der Waals surface area contributed by atoms with Gasteiger partial charge < -0.3 is 15.2 Å². The molecule has 2 N–H and O–H groups in total. The van der Waals surface area contributed by atoms with Gasteiger partial charge >= 0.3 is 5.97 Å². The van der Waals surface area contributed by atoms with Gasteiger partial charge in [-0.25, -0.2) is 0 Å². The Morgan fingerprint density at radius 1 is 1.44 bits per heavy atom. The Hall–Kier alpha value is -1.26. The van der Waals surface area contributed by atoms with Gasteiger partial charge in [0.2, 0.25) is 0 Å². The summed E-state index contributed by atoms with van der Waals surface area (Å²) in [5.41, 5.74) is 0.921. The fourth-order valence-electron chi connectivity index (χ4n) is 1.36. The fraction of sp³-hybridized carbons (Fsp3) is 0.462. The lowest BCUT2D eigenvalue weighted by molar-refractivity contribution is -0.139. The lowest BCUT2D eigenvalue weighted by Crippen LogP contribution is -2.33. The molecule has 1 atom stereocenters. The van der Waals surface area contributed by atoms with Crippen LogP contribution in [0.15, 0.2) is 18.2 Å². The Morgan fingerprint density at radius 3 is 2.61 bits per heavy atom. The van der Waals surface area contributed by atoms with Crippen LogP contribution in [0.1, 0.15) is 26.3 Å². The van der Waals surface area contributed by atoms with E-state index < -0.39 is 12.0 Å². The summed E-state index contributed by atoms with van der Waals surface area (Å²) in [6.07, 6.45) is 0.0681. The molecule has 0 aliphatic carbocycles. The van der Waals surface area contributed by atoms with Gasteiger partial charge in [0.25, 0.3) is 0 Å². The average molecular weight is 272 g/mol. The second-order valence-corrected chi connectivity index (χ2v) is 4.78. The van der Waals surface area contributed by atoms with E-state index in [1.807, 2.05) is 19.9 Å². The zero-order chi connectivity index (χ0) is 13.7. The molecule has 100 valence electrons. The quantitative estimate of drug-likeness (QED) is 0.835. The Labute approximate surface area is 112 Å². The Morgan fingerprint density at radius 2 is 2.11 bits per heavy atom. The molecule has 0 unspecified atom stereocenters. The summed E-state index contributed by atoms with van der Waals surface area (Å²) >= 11 is 6.08. The Balaban J connectivity index is 2.64. The molecule has 1 rings (SSSR count). The van der Waals surface area contributed by atoms with Gasteiger partial charge in [-0.05, 0) is 38.5 Å². The van der Waals surface area contributed by atoms with Crippen LogP contribution in [-0.2, 0) is 11.3 Å². The van der Waals surface area contributed by atoms with Crippen LogP contribution in [0.25, 0.3) is 0 Å². The highest BCUT2D eigenvalue weighted by Gasteiger charge is 2.10. The van der Waals surface area contributed by atoms with Gasteiger partial charge in [-0.1, -0.05) is 17.7 Å². The number of carbonyl (C=O) groups is 1. The monoisotopic (exact) mass is 271 g/mol. The Bertz CT molecular complexity index is 421. The summed E-state index contributed by atoms with van der Waals surface area (Å²) < 4.78 is 5.52. The first-order chi connectivity index (χ1) is 8.40. The van der Waals surface area contributed by atoms with Gasteiger partial charge in [0, 0.05) is 6.54 Å². The van der Waals surface area contributed by atoms with Crippen molar-refractivity contribution < 1.29 is 14.6 Å². The molecule has 18 heavy (non-hydrogen) atoms. The maximum absolute atomic E-state index is 10.7. The molecular formula is C13H18ClNO3. The molecule has 0 aliphatic heterocycles. The molecule has 0 spiro atoms. The third-order valence-electron chi connectivity index (χ3n) is 2.34. The third-order valence-corrected chi connectivity index (χ3v) is 2.64. The van der Waals surface area contributed by atoms with Crippen molar-refractivity contribution in [2.75, 3.05) is 0 Å². The van der Waals surface area contributed by atoms with Crippen LogP contribution in [0.2, 0.25) is 5.02 Å². The number of hydrogen-bond donors (Lipinski definition) is 2. The number of aliphatic carboxylic acids is 1. The predicted molar refractivity (Wildman–Crippen MR) is 71.2 cm³/mol. The molecule has 1 aromatic rings. The summed E-state index contributed by atoms with van der Waals surface area (Å²) in [6.45, 7) is 5.91.